The van der Waals surface area contributed by atoms with E-state index >= 15 is 0 Å². The van der Waals surface area contributed by atoms with E-state index in [0.717, 1.165) is 55.6 Å². The Hall–Kier alpha value is -2.21. The highest BCUT2D eigenvalue weighted by Crippen LogP contribution is 2.26. The zero-order valence-electron chi connectivity index (χ0n) is 14.9. The van der Waals surface area contributed by atoms with Crippen molar-refractivity contribution in [2.45, 2.75) is 44.6 Å². The quantitative estimate of drug-likeness (QED) is 0.866. The summed E-state index contributed by atoms with van der Waals surface area (Å²) in [5.41, 5.74) is 3.76. The van der Waals surface area contributed by atoms with Crippen LogP contribution in [0.5, 0.6) is 0 Å². The molecule has 1 aromatic heterocycles. The summed E-state index contributed by atoms with van der Waals surface area (Å²) in [5.74, 6) is -0.350. The van der Waals surface area contributed by atoms with Crippen molar-refractivity contribution in [3.05, 3.63) is 52.6 Å². The number of aromatic nitrogens is 2. The van der Waals surface area contributed by atoms with Crippen LogP contribution in [0.25, 0.3) is 0 Å². The Morgan fingerprint density at radius 3 is 2.65 bits per heavy atom. The molecular weight excluding hydrogens is 331 g/mol. The molecule has 0 bridgehead atoms. The summed E-state index contributed by atoms with van der Waals surface area (Å²) in [7, 11) is 0. The number of halogens is 1. The minimum Gasteiger partial charge on any atom is -0.349 e. The van der Waals surface area contributed by atoms with E-state index in [-0.39, 0.29) is 17.8 Å². The fourth-order valence-corrected chi connectivity index (χ4v) is 4.14. The van der Waals surface area contributed by atoms with Gasteiger partial charge in [-0.2, -0.15) is 5.10 Å². The standard InChI is InChI=1S/C20H25FN4O/c21-15-9-7-14(8-10-15)18(25-11-3-4-12-25)13-22-20(26)19-16-5-1-2-6-17(16)23-24-19/h7-10,18H,1-6,11-13H2,(H,22,26)(H,23,24). The number of hydrogen-bond acceptors (Lipinski definition) is 3. The summed E-state index contributed by atoms with van der Waals surface area (Å²) in [4.78, 5) is 15.1. The number of aryl methyl sites for hydroxylation is 1. The number of nitrogens with one attached hydrogen (secondary N) is 2. The molecule has 1 aromatic carbocycles. The predicted octanol–water partition coefficient (Wildman–Crippen LogP) is 2.99. The number of rotatable bonds is 5. The van der Waals surface area contributed by atoms with Gasteiger partial charge < -0.3 is 5.32 Å². The van der Waals surface area contributed by atoms with Gasteiger partial charge in [0.05, 0.1) is 6.04 Å². The number of likely N-dealkylation sites (tertiary alicyclic amines) is 1. The third-order valence-electron chi connectivity index (χ3n) is 5.56. The van der Waals surface area contributed by atoms with Crippen LogP contribution in [0.3, 0.4) is 0 Å². The number of H-pyrrole nitrogens is 1. The van der Waals surface area contributed by atoms with Gasteiger partial charge in [0.2, 0.25) is 0 Å². The lowest BCUT2D eigenvalue weighted by Crippen LogP contribution is -2.37. The van der Waals surface area contributed by atoms with Crippen molar-refractivity contribution in [1.29, 1.82) is 0 Å². The first-order valence-corrected chi connectivity index (χ1v) is 9.56. The van der Waals surface area contributed by atoms with Gasteiger partial charge in [0, 0.05) is 17.8 Å². The molecule has 138 valence electrons. The third kappa shape index (κ3) is 3.51. The monoisotopic (exact) mass is 356 g/mol. The smallest absolute Gasteiger partial charge is 0.272 e. The fraction of sp³-hybridized carbons (Fsp3) is 0.500. The van der Waals surface area contributed by atoms with Gasteiger partial charge in [0.25, 0.3) is 5.91 Å². The second kappa shape index (κ2) is 7.58. The second-order valence-electron chi connectivity index (χ2n) is 7.26. The highest BCUT2D eigenvalue weighted by atomic mass is 19.1. The molecule has 1 saturated heterocycles. The molecule has 5 nitrogen and oxygen atoms in total. The van der Waals surface area contributed by atoms with Gasteiger partial charge in [-0.3, -0.25) is 14.8 Å². The second-order valence-corrected chi connectivity index (χ2v) is 7.26. The van der Waals surface area contributed by atoms with Gasteiger partial charge in [-0.05, 0) is 69.3 Å². The van der Waals surface area contributed by atoms with Gasteiger partial charge in [-0.1, -0.05) is 12.1 Å². The molecule has 1 unspecified atom stereocenters. The van der Waals surface area contributed by atoms with E-state index in [1.807, 2.05) is 12.1 Å². The average molecular weight is 356 g/mol. The van der Waals surface area contributed by atoms with Crippen molar-refractivity contribution in [1.82, 2.24) is 20.4 Å². The number of carbonyl (C=O) groups is 1. The number of nitrogens with zero attached hydrogens (tertiary/aromatic N) is 2. The minimum atomic E-state index is -0.235. The Balaban J connectivity index is 1.48. The van der Waals surface area contributed by atoms with Crippen LogP contribution in [0.2, 0.25) is 0 Å². The first kappa shape index (κ1) is 17.2. The molecule has 0 spiro atoms. The molecule has 1 aliphatic heterocycles. The lowest BCUT2D eigenvalue weighted by Gasteiger charge is -2.28. The number of fused-ring (bicyclic) bond motifs is 1. The Bertz CT molecular complexity index is 765. The van der Waals surface area contributed by atoms with E-state index in [0.29, 0.717) is 12.2 Å². The largest absolute Gasteiger partial charge is 0.349 e. The van der Waals surface area contributed by atoms with Gasteiger partial charge in [-0.15, -0.1) is 0 Å². The predicted molar refractivity (Wildman–Crippen MR) is 97.5 cm³/mol. The lowest BCUT2D eigenvalue weighted by atomic mass is 9.95. The van der Waals surface area contributed by atoms with Crippen molar-refractivity contribution in [2.75, 3.05) is 19.6 Å². The Morgan fingerprint density at radius 2 is 1.88 bits per heavy atom. The summed E-state index contributed by atoms with van der Waals surface area (Å²) in [6.07, 6.45) is 6.48. The van der Waals surface area contributed by atoms with Crippen LogP contribution >= 0.6 is 0 Å². The SMILES string of the molecule is O=C(NCC(c1ccc(F)cc1)N1CCCC1)c1n[nH]c2c1CCCC2. The molecule has 4 rings (SSSR count). The van der Waals surface area contributed by atoms with Crippen LogP contribution < -0.4 is 5.32 Å². The molecular formula is C20H25FN4O. The molecule has 1 atom stereocenters. The molecule has 2 N–H and O–H groups in total. The molecule has 0 saturated carbocycles. The number of carbonyl (C=O) groups excluding carboxylic acids is 1. The van der Waals surface area contributed by atoms with Crippen molar-refractivity contribution < 1.29 is 9.18 Å². The van der Waals surface area contributed by atoms with Crippen LogP contribution in [-0.2, 0) is 12.8 Å². The van der Waals surface area contributed by atoms with Crippen LogP contribution in [0, 0.1) is 5.82 Å². The molecule has 0 radical (unpaired) electrons. The van der Waals surface area contributed by atoms with Crippen molar-refractivity contribution in [3.8, 4) is 0 Å². The summed E-state index contributed by atoms with van der Waals surface area (Å²) in [6, 6.07) is 6.69. The van der Waals surface area contributed by atoms with E-state index in [9.17, 15) is 9.18 Å². The first-order chi connectivity index (χ1) is 12.7. The van der Waals surface area contributed by atoms with E-state index in [4.69, 9.17) is 0 Å². The maximum Gasteiger partial charge on any atom is 0.272 e. The van der Waals surface area contributed by atoms with Gasteiger partial charge in [0.15, 0.2) is 5.69 Å². The van der Waals surface area contributed by atoms with E-state index < -0.39 is 0 Å². The molecule has 1 aliphatic carbocycles. The number of aromatic amines is 1. The third-order valence-corrected chi connectivity index (χ3v) is 5.56. The van der Waals surface area contributed by atoms with Crippen molar-refractivity contribution in [2.24, 2.45) is 0 Å². The van der Waals surface area contributed by atoms with E-state index in [1.165, 1.54) is 25.0 Å². The zero-order valence-corrected chi connectivity index (χ0v) is 14.9. The normalized spacial score (nSPS) is 18.5. The Labute approximate surface area is 153 Å². The van der Waals surface area contributed by atoms with Gasteiger partial charge in [-0.25, -0.2) is 4.39 Å². The summed E-state index contributed by atoms with van der Waals surface area (Å²) in [6.45, 7) is 2.53. The maximum atomic E-state index is 13.3. The minimum absolute atomic E-state index is 0.0665. The molecule has 2 aliphatic rings. The number of benzene rings is 1. The zero-order chi connectivity index (χ0) is 17.9. The van der Waals surface area contributed by atoms with E-state index in [1.54, 1.807) is 0 Å². The highest BCUT2D eigenvalue weighted by molar-refractivity contribution is 5.94. The topological polar surface area (TPSA) is 61.0 Å². The van der Waals surface area contributed by atoms with E-state index in [2.05, 4.69) is 20.4 Å². The molecule has 2 aromatic rings. The molecule has 26 heavy (non-hydrogen) atoms. The summed E-state index contributed by atoms with van der Waals surface area (Å²) < 4.78 is 13.3. The van der Waals surface area contributed by atoms with Crippen molar-refractivity contribution >= 4 is 5.91 Å². The number of hydrogen-bond donors (Lipinski definition) is 2. The van der Waals surface area contributed by atoms with Crippen LogP contribution in [-0.4, -0.2) is 40.6 Å². The van der Waals surface area contributed by atoms with Gasteiger partial charge >= 0.3 is 0 Å². The van der Waals surface area contributed by atoms with Crippen LogP contribution in [0.1, 0.15) is 59.0 Å². The molecule has 6 heteroatoms. The fourth-order valence-electron chi connectivity index (χ4n) is 4.14. The first-order valence-electron chi connectivity index (χ1n) is 9.56. The molecule has 1 fully saturated rings. The lowest BCUT2D eigenvalue weighted by molar-refractivity contribution is 0.0932. The molecule has 1 amide bonds. The summed E-state index contributed by atoms with van der Waals surface area (Å²) in [5, 5.41) is 10.4. The van der Waals surface area contributed by atoms with Crippen LogP contribution in [0.15, 0.2) is 24.3 Å². The number of amides is 1. The average Bonchev–Trinajstić information content (AvgIpc) is 3.33. The van der Waals surface area contributed by atoms with Gasteiger partial charge in [0.1, 0.15) is 5.82 Å². The summed E-state index contributed by atoms with van der Waals surface area (Å²) >= 11 is 0. The highest BCUT2D eigenvalue weighted by Gasteiger charge is 2.26. The Morgan fingerprint density at radius 1 is 1.15 bits per heavy atom. The Kier molecular flexibility index (Phi) is 5.02. The molecule has 2 heterocycles. The van der Waals surface area contributed by atoms with Crippen LogP contribution in [0.4, 0.5) is 4.39 Å². The van der Waals surface area contributed by atoms with Crippen molar-refractivity contribution in [3.63, 3.8) is 0 Å². The maximum absolute atomic E-state index is 13.3.